The summed E-state index contributed by atoms with van der Waals surface area (Å²) in [5.74, 6) is -0.843. The van der Waals surface area contributed by atoms with Crippen LogP contribution in [-0.4, -0.2) is 35.5 Å². The minimum Gasteiger partial charge on any atom is -0.497 e. The zero-order valence-electron chi connectivity index (χ0n) is 16.4. The van der Waals surface area contributed by atoms with E-state index in [0.29, 0.717) is 13.0 Å². The van der Waals surface area contributed by atoms with E-state index in [0.717, 1.165) is 29.7 Å². The molecule has 3 rings (SSSR count). The number of carboxylic acid groups (broad SMARTS) is 1. The molecule has 0 fully saturated rings. The first-order valence-corrected chi connectivity index (χ1v) is 9.76. The number of fused-ring (bicyclic) bond motifs is 1. The van der Waals surface area contributed by atoms with Crippen molar-refractivity contribution in [1.82, 2.24) is 4.90 Å². The van der Waals surface area contributed by atoms with E-state index in [1.165, 1.54) is 5.56 Å². The number of rotatable bonds is 7. The molecule has 0 saturated heterocycles. The molecule has 5 nitrogen and oxygen atoms in total. The van der Waals surface area contributed by atoms with Crippen LogP contribution in [0.1, 0.15) is 42.5 Å². The van der Waals surface area contributed by atoms with Gasteiger partial charge in [0.05, 0.1) is 25.5 Å². The second-order valence-corrected chi connectivity index (χ2v) is 7.25. The summed E-state index contributed by atoms with van der Waals surface area (Å²) in [6, 6.07) is 15.9. The number of carbonyl (C=O) groups excluding carboxylic acids is 1. The summed E-state index contributed by atoms with van der Waals surface area (Å²) in [5.41, 5.74) is 3.27. The van der Waals surface area contributed by atoms with Gasteiger partial charge in [0.15, 0.2) is 0 Å². The molecule has 5 heteroatoms. The van der Waals surface area contributed by atoms with Crippen LogP contribution in [0.5, 0.6) is 5.75 Å². The Kier molecular flexibility index (Phi) is 6.34. The quantitative estimate of drug-likeness (QED) is 0.791. The molecular weight excluding hydrogens is 354 g/mol. The van der Waals surface area contributed by atoms with Crippen molar-refractivity contribution in [2.75, 3.05) is 13.7 Å². The highest BCUT2D eigenvalue weighted by Crippen LogP contribution is 2.36. The minimum absolute atomic E-state index is 0.0593. The number of carboxylic acids is 1. The van der Waals surface area contributed by atoms with E-state index in [2.05, 4.69) is 19.1 Å². The van der Waals surface area contributed by atoms with Gasteiger partial charge in [-0.25, -0.2) is 0 Å². The van der Waals surface area contributed by atoms with Crippen LogP contribution in [0.4, 0.5) is 0 Å². The lowest BCUT2D eigenvalue weighted by Crippen LogP contribution is -2.39. The topological polar surface area (TPSA) is 66.8 Å². The Balaban J connectivity index is 1.96. The molecule has 1 N–H and O–H groups in total. The van der Waals surface area contributed by atoms with Crippen LogP contribution in [-0.2, 0) is 22.4 Å². The maximum absolute atomic E-state index is 13.3. The largest absolute Gasteiger partial charge is 0.497 e. The van der Waals surface area contributed by atoms with E-state index in [1.54, 1.807) is 7.11 Å². The fourth-order valence-corrected chi connectivity index (χ4v) is 4.09. The second-order valence-electron chi connectivity index (χ2n) is 7.25. The van der Waals surface area contributed by atoms with Crippen LogP contribution in [0.25, 0.3) is 0 Å². The molecular formula is C23H27NO4. The monoisotopic (exact) mass is 381 g/mol. The number of methoxy groups -OCH3 is 1. The fraction of sp³-hybridized carbons (Fsp3) is 0.391. The third-order valence-electron chi connectivity index (χ3n) is 5.48. The number of hydrogen-bond donors (Lipinski definition) is 1. The Morgan fingerprint density at radius 1 is 1.21 bits per heavy atom. The average Bonchev–Trinajstić information content (AvgIpc) is 2.80. The van der Waals surface area contributed by atoms with Gasteiger partial charge >= 0.3 is 5.97 Å². The molecule has 0 saturated carbocycles. The van der Waals surface area contributed by atoms with Crippen LogP contribution in [0.15, 0.2) is 48.5 Å². The molecule has 28 heavy (non-hydrogen) atoms. The van der Waals surface area contributed by atoms with Crippen molar-refractivity contribution >= 4 is 11.9 Å². The zero-order valence-corrected chi connectivity index (χ0v) is 16.4. The number of carbonyl (C=O) groups is 2. The van der Waals surface area contributed by atoms with Crippen molar-refractivity contribution < 1.29 is 19.4 Å². The molecule has 1 heterocycles. The van der Waals surface area contributed by atoms with E-state index in [9.17, 15) is 14.7 Å². The molecule has 0 radical (unpaired) electrons. The third-order valence-corrected chi connectivity index (χ3v) is 5.48. The molecule has 2 aromatic carbocycles. The summed E-state index contributed by atoms with van der Waals surface area (Å²) in [6.07, 6.45) is 1.79. The van der Waals surface area contributed by atoms with Crippen LogP contribution in [0, 0.1) is 5.92 Å². The summed E-state index contributed by atoms with van der Waals surface area (Å²) in [4.78, 5) is 26.6. The molecule has 0 spiro atoms. The number of nitrogens with zero attached hydrogens (tertiary/aromatic N) is 1. The molecule has 1 aliphatic rings. The Morgan fingerprint density at radius 2 is 1.96 bits per heavy atom. The van der Waals surface area contributed by atoms with Gasteiger partial charge in [-0.1, -0.05) is 43.3 Å². The number of hydrogen-bond acceptors (Lipinski definition) is 3. The molecule has 2 unspecified atom stereocenters. The van der Waals surface area contributed by atoms with Gasteiger partial charge in [-0.15, -0.1) is 0 Å². The lowest BCUT2D eigenvalue weighted by molar-refractivity contribution is -0.145. The Morgan fingerprint density at radius 3 is 2.61 bits per heavy atom. The fourth-order valence-electron chi connectivity index (χ4n) is 4.09. The number of ether oxygens (including phenoxy) is 1. The molecule has 0 aliphatic carbocycles. The zero-order chi connectivity index (χ0) is 20.1. The van der Waals surface area contributed by atoms with Gasteiger partial charge in [0.1, 0.15) is 5.75 Å². The van der Waals surface area contributed by atoms with Gasteiger partial charge in [0.25, 0.3) is 0 Å². The van der Waals surface area contributed by atoms with E-state index in [4.69, 9.17) is 4.74 Å². The van der Waals surface area contributed by atoms with Gasteiger partial charge in [-0.2, -0.15) is 0 Å². The third kappa shape index (κ3) is 4.35. The Labute approximate surface area is 165 Å². The van der Waals surface area contributed by atoms with Gasteiger partial charge < -0.3 is 14.7 Å². The normalized spacial score (nSPS) is 19.1. The Bertz CT molecular complexity index is 834. The standard InChI is InChI=1S/C23H27NO4/c1-3-21-20-10-9-19(28-2)14-17(20)13-18(15-22(25)26)23(27)24(21)12-11-16-7-5-4-6-8-16/h4-10,14,18,21H,3,11-13,15H2,1-2H3,(H,25,26). The number of amides is 1. The lowest BCUT2D eigenvalue weighted by Gasteiger charge is -2.32. The van der Waals surface area contributed by atoms with Crippen molar-refractivity contribution in [2.24, 2.45) is 5.92 Å². The highest BCUT2D eigenvalue weighted by atomic mass is 16.5. The summed E-state index contributed by atoms with van der Waals surface area (Å²) < 4.78 is 5.35. The van der Waals surface area contributed by atoms with E-state index in [-0.39, 0.29) is 18.4 Å². The van der Waals surface area contributed by atoms with Crippen LogP contribution in [0.3, 0.4) is 0 Å². The molecule has 0 aromatic heterocycles. The molecule has 1 amide bonds. The summed E-state index contributed by atoms with van der Waals surface area (Å²) in [6.45, 7) is 2.64. The first-order chi connectivity index (χ1) is 13.5. The number of benzene rings is 2. The average molecular weight is 381 g/mol. The highest BCUT2D eigenvalue weighted by Gasteiger charge is 2.36. The minimum atomic E-state index is -0.944. The maximum Gasteiger partial charge on any atom is 0.304 e. The maximum atomic E-state index is 13.3. The van der Waals surface area contributed by atoms with Crippen molar-refractivity contribution in [3.8, 4) is 5.75 Å². The highest BCUT2D eigenvalue weighted by molar-refractivity contribution is 5.84. The first kappa shape index (κ1) is 19.9. The number of aliphatic carboxylic acids is 1. The molecule has 148 valence electrons. The molecule has 2 atom stereocenters. The van der Waals surface area contributed by atoms with Crippen molar-refractivity contribution in [3.63, 3.8) is 0 Å². The summed E-state index contributed by atoms with van der Waals surface area (Å²) in [5, 5.41) is 9.35. The predicted molar refractivity (Wildman–Crippen MR) is 107 cm³/mol. The van der Waals surface area contributed by atoms with Crippen LogP contribution < -0.4 is 4.74 Å². The van der Waals surface area contributed by atoms with E-state index < -0.39 is 11.9 Å². The van der Waals surface area contributed by atoms with Gasteiger partial charge in [0.2, 0.25) is 5.91 Å². The molecule has 2 aromatic rings. The van der Waals surface area contributed by atoms with Gasteiger partial charge in [-0.3, -0.25) is 9.59 Å². The van der Waals surface area contributed by atoms with E-state index in [1.807, 2.05) is 41.3 Å². The first-order valence-electron chi connectivity index (χ1n) is 9.76. The molecule has 0 bridgehead atoms. The van der Waals surface area contributed by atoms with Crippen LogP contribution >= 0.6 is 0 Å². The van der Waals surface area contributed by atoms with Crippen molar-refractivity contribution in [3.05, 3.63) is 65.2 Å². The summed E-state index contributed by atoms with van der Waals surface area (Å²) in [7, 11) is 1.61. The van der Waals surface area contributed by atoms with Gasteiger partial charge in [0, 0.05) is 6.54 Å². The smallest absolute Gasteiger partial charge is 0.304 e. The summed E-state index contributed by atoms with van der Waals surface area (Å²) >= 11 is 0. The predicted octanol–water partition coefficient (Wildman–Crippen LogP) is 3.86. The van der Waals surface area contributed by atoms with Crippen molar-refractivity contribution in [2.45, 2.75) is 38.6 Å². The second kappa shape index (κ2) is 8.91. The van der Waals surface area contributed by atoms with Crippen LogP contribution in [0.2, 0.25) is 0 Å². The van der Waals surface area contributed by atoms with E-state index >= 15 is 0 Å². The molecule has 1 aliphatic heterocycles. The SMILES string of the molecule is CCC1c2ccc(OC)cc2CC(CC(=O)O)C(=O)N1CCc1ccccc1. The van der Waals surface area contributed by atoms with Gasteiger partial charge in [-0.05, 0) is 48.1 Å². The van der Waals surface area contributed by atoms with Crippen molar-refractivity contribution in [1.29, 1.82) is 0 Å². The lowest BCUT2D eigenvalue weighted by atomic mass is 9.92. The Hall–Kier alpha value is -2.82.